The van der Waals surface area contributed by atoms with Gasteiger partial charge >= 0.3 is 0 Å². The summed E-state index contributed by atoms with van der Waals surface area (Å²) in [7, 11) is 1.79. The highest BCUT2D eigenvalue weighted by Gasteiger charge is 2.08. The van der Waals surface area contributed by atoms with Gasteiger partial charge in [0, 0.05) is 13.6 Å². The average Bonchev–Trinajstić information content (AvgIpc) is 3.10. The lowest BCUT2D eigenvalue weighted by Gasteiger charge is -2.19. The normalized spacial score (nSPS) is 14.1. The molecule has 4 nitrogen and oxygen atoms in total. The van der Waals surface area contributed by atoms with Crippen LogP contribution in [0.3, 0.4) is 0 Å². The monoisotopic (exact) mass is 331 g/mol. The van der Waals surface area contributed by atoms with Gasteiger partial charge in [0.1, 0.15) is 11.9 Å². The van der Waals surface area contributed by atoms with Gasteiger partial charge in [-0.1, -0.05) is 25.1 Å². The van der Waals surface area contributed by atoms with Gasteiger partial charge in [-0.3, -0.25) is 4.99 Å². The number of benzene rings is 1. The number of thiophene rings is 1. The second-order valence-corrected chi connectivity index (χ2v) is 6.31. The second-order valence-electron chi connectivity index (χ2n) is 5.53. The van der Waals surface area contributed by atoms with E-state index in [2.05, 4.69) is 39.4 Å². The predicted octanol–water partition coefficient (Wildman–Crippen LogP) is 3.48. The van der Waals surface area contributed by atoms with Crippen LogP contribution in [0.5, 0.6) is 5.75 Å². The molecule has 0 saturated heterocycles. The molecule has 0 bridgehead atoms. The Morgan fingerprint density at radius 3 is 2.52 bits per heavy atom. The second kappa shape index (κ2) is 9.20. The molecule has 1 aromatic heterocycles. The van der Waals surface area contributed by atoms with Crippen molar-refractivity contribution in [3.63, 3.8) is 0 Å². The van der Waals surface area contributed by atoms with Crippen LogP contribution in [0.2, 0.25) is 0 Å². The number of guanidine groups is 1. The lowest BCUT2D eigenvalue weighted by Crippen LogP contribution is -2.42. The Labute approximate surface area is 142 Å². The molecular weight excluding hydrogens is 306 g/mol. The third-order valence-electron chi connectivity index (χ3n) is 3.55. The zero-order valence-corrected chi connectivity index (χ0v) is 14.8. The standard InChI is InChI=1S/C18H25N3OS/c1-14(16-9-10-23-13-16)11-20-18(19-3)21-12-15(2)22-17-7-5-4-6-8-17/h4-10,13-15H,11-12H2,1-3H3,(H2,19,20,21). The van der Waals surface area contributed by atoms with Gasteiger partial charge in [0.2, 0.25) is 0 Å². The van der Waals surface area contributed by atoms with Gasteiger partial charge in [-0.25, -0.2) is 0 Å². The van der Waals surface area contributed by atoms with Crippen LogP contribution in [-0.4, -0.2) is 32.2 Å². The summed E-state index contributed by atoms with van der Waals surface area (Å²) >= 11 is 1.73. The van der Waals surface area contributed by atoms with E-state index in [-0.39, 0.29) is 6.10 Å². The molecule has 1 aromatic carbocycles. The van der Waals surface area contributed by atoms with Crippen LogP contribution < -0.4 is 15.4 Å². The summed E-state index contributed by atoms with van der Waals surface area (Å²) in [6, 6.07) is 12.0. The molecule has 5 heteroatoms. The number of hydrogen-bond donors (Lipinski definition) is 2. The van der Waals surface area contributed by atoms with Crippen LogP contribution in [0, 0.1) is 0 Å². The van der Waals surface area contributed by atoms with E-state index in [1.807, 2.05) is 37.3 Å². The molecule has 2 aromatic rings. The highest BCUT2D eigenvalue weighted by atomic mass is 32.1. The lowest BCUT2D eigenvalue weighted by molar-refractivity contribution is 0.224. The Balaban J connectivity index is 1.72. The third-order valence-corrected chi connectivity index (χ3v) is 4.25. The number of hydrogen-bond acceptors (Lipinski definition) is 3. The van der Waals surface area contributed by atoms with Gasteiger partial charge in [0.05, 0.1) is 6.54 Å². The van der Waals surface area contributed by atoms with Crippen molar-refractivity contribution >= 4 is 17.3 Å². The van der Waals surface area contributed by atoms with E-state index in [1.54, 1.807) is 18.4 Å². The van der Waals surface area contributed by atoms with E-state index >= 15 is 0 Å². The van der Waals surface area contributed by atoms with Crippen molar-refractivity contribution in [2.45, 2.75) is 25.9 Å². The van der Waals surface area contributed by atoms with Crippen LogP contribution in [0.25, 0.3) is 0 Å². The fourth-order valence-corrected chi connectivity index (χ4v) is 2.94. The smallest absolute Gasteiger partial charge is 0.191 e. The van der Waals surface area contributed by atoms with Crippen molar-refractivity contribution in [1.29, 1.82) is 0 Å². The zero-order chi connectivity index (χ0) is 16.5. The van der Waals surface area contributed by atoms with Gasteiger partial charge in [0.25, 0.3) is 0 Å². The quantitative estimate of drug-likeness (QED) is 0.603. The van der Waals surface area contributed by atoms with Crippen LogP contribution in [0.4, 0.5) is 0 Å². The number of rotatable bonds is 7. The number of para-hydroxylation sites is 1. The summed E-state index contributed by atoms with van der Waals surface area (Å²) in [5.41, 5.74) is 1.36. The first-order valence-corrected chi connectivity index (χ1v) is 8.81. The number of aliphatic imine (C=N–C) groups is 1. The SMILES string of the molecule is CN=C(NCC(C)Oc1ccccc1)NCC(C)c1ccsc1. The number of ether oxygens (including phenoxy) is 1. The molecule has 0 radical (unpaired) electrons. The summed E-state index contributed by atoms with van der Waals surface area (Å²) in [6.45, 7) is 5.80. The maximum absolute atomic E-state index is 5.85. The van der Waals surface area contributed by atoms with Crippen molar-refractivity contribution in [1.82, 2.24) is 10.6 Å². The van der Waals surface area contributed by atoms with E-state index in [0.29, 0.717) is 12.5 Å². The average molecular weight is 331 g/mol. The topological polar surface area (TPSA) is 45.7 Å². The molecule has 0 amide bonds. The molecule has 2 atom stereocenters. The van der Waals surface area contributed by atoms with Crippen LogP contribution >= 0.6 is 11.3 Å². The molecule has 2 unspecified atom stereocenters. The van der Waals surface area contributed by atoms with Gasteiger partial charge in [0.15, 0.2) is 5.96 Å². The van der Waals surface area contributed by atoms with E-state index in [0.717, 1.165) is 18.3 Å². The maximum Gasteiger partial charge on any atom is 0.191 e. The molecule has 0 aliphatic rings. The van der Waals surface area contributed by atoms with Crippen molar-refractivity contribution in [2.24, 2.45) is 4.99 Å². The highest BCUT2D eigenvalue weighted by molar-refractivity contribution is 7.07. The molecule has 124 valence electrons. The summed E-state index contributed by atoms with van der Waals surface area (Å²) in [5.74, 6) is 2.14. The fourth-order valence-electron chi connectivity index (χ4n) is 2.16. The molecule has 23 heavy (non-hydrogen) atoms. The molecule has 2 N–H and O–H groups in total. The minimum atomic E-state index is 0.0604. The van der Waals surface area contributed by atoms with Crippen molar-refractivity contribution in [2.75, 3.05) is 20.1 Å². The van der Waals surface area contributed by atoms with E-state index in [1.165, 1.54) is 5.56 Å². The van der Waals surface area contributed by atoms with Crippen LogP contribution in [0.1, 0.15) is 25.3 Å². The first-order valence-electron chi connectivity index (χ1n) is 7.87. The van der Waals surface area contributed by atoms with Crippen molar-refractivity contribution in [3.8, 4) is 5.75 Å². The van der Waals surface area contributed by atoms with Crippen molar-refractivity contribution < 1.29 is 4.74 Å². The summed E-state index contributed by atoms with van der Waals surface area (Å²) in [4.78, 5) is 4.26. The first-order chi connectivity index (χ1) is 11.2. The van der Waals surface area contributed by atoms with Gasteiger partial charge in [-0.15, -0.1) is 0 Å². The largest absolute Gasteiger partial charge is 0.489 e. The molecule has 0 spiro atoms. The van der Waals surface area contributed by atoms with Crippen LogP contribution in [0.15, 0.2) is 52.2 Å². The molecule has 0 aliphatic heterocycles. The number of nitrogens with zero attached hydrogens (tertiary/aromatic N) is 1. The Hall–Kier alpha value is -2.01. The van der Waals surface area contributed by atoms with Crippen molar-refractivity contribution in [3.05, 3.63) is 52.7 Å². The molecule has 1 heterocycles. The molecule has 0 saturated carbocycles. The molecule has 0 aliphatic carbocycles. The van der Waals surface area contributed by atoms with Gasteiger partial charge in [-0.05, 0) is 47.4 Å². The lowest BCUT2D eigenvalue weighted by atomic mass is 10.1. The Morgan fingerprint density at radius 2 is 1.87 bits per heavy atom. The van der Waals surface area contributed by atoms with Gasteiger partial charge < -0.3 is 15.4 Å². The summed E-state index contributed by atoms with van der Waals surface area (Å²) in [5, 5.41) is 11.0. The van der Waals surface area contributed by atoms with E-state index in [4.69, 9.17) is 4.74 Å². The van der Waals surface area contributed by atoms with E-state index < -0.39 is 0 Å². The fraction of sp³-hybridized carbons (Fsp3) is 0.389. The summed E-state index contributed by atoms with van der Waals surface area (Å²) < 4.78 is 5.85. The van der Waals surface area contributed by atoms with Gasteiger partial charge in [-0.2, -0.15) is 11.3 Å². The first kappa shape index (κ1) is 17.3. The minimum absolute atomic E-state index is 0.0604. The van der Waals surface area contributed by atoms with Crippen LogP contribution in [-0.2, 0) is 0 Å². The Kier molecular flexibility index (Phi) is 6.94. The Morgan fingerprint density at radius 1 is 1.13 bits per heavy atom. The summed E-state index contributed by atoms with van der Waals surface area (Å²) in [6.07, 6.45) is 0.0604. The Bertz CT molecular complexity index is 584. The predicted molar refractivity (Wildman–Crippen MR) is 98.6 cm³/mol. The molecule has 0 fully saturated rings. The highest BCUT2D eigenvalue weighted by Crippen LogP contribution is 2.17. The zero-order valence-electron chi connectivity index (χ0n) is 14.0. The minimum Gasteiger partial charge on any atom is -0.489 e. The van der Waals surface area contributed by atoms with E-state index in [9.17, 15) is 0 Å². The molecular formula is C18H25N3OS. The third kappa shape index (κ3) is 5.94. The molecule has 2 rings (SSSR count). The number of nitrogens with one attached hydrogen (secondary N) is 2. The maximum atomic E-state index is 5.85.